The Labute approximate surface area is 194 Å². The van der Waals surface area contributed by atoms with Crippen LogP contribution in [0, 0.1) is 5.82 Å². The minimum absolute atomic E-state index is 0.138. The fourth-order valence-electron chi connectivity index (χ4n) is 3.91. The Hall–Kier alpha value is -3.08. The molecule has 0 radical (unpaired) electrons. The summed E-state index contributed by atoms with van der Waals surface area (Å²) in [6, 6.07) is 12.6. The first-order valence-electron chi connectivity index (χ1n) is 10.2. The Morgan fingerprint density at radius 2 is 1.82 bits per heavy atom. The van der Waals surface area contributed by atoms with Crippen LogP contribution in [0.5, 0.6) is 0 Å². The third-order valence-electron chi connectivity index (χ3n) is 5.62. The predicted octanol–water partition coefficient (Wildman–Crippen LogP) is 3.82. The molecule has 0 amide bonds. The maximum atomic E-state index is 13.2. The van der Waals surface area contributed by atoms with Gasteiger partial charge in [-0.1, -0.05) is 29.8 Å². The van der Waals surface area contributed by atoms with E-state index in [1.165, 1.54) is 16.4 Å². The van der Waals surface area contributed by atoms with Crippen LogP contribution in [0.25, 0.3) is 23.0 Å². The summed E-state index contributed by atoms with van der Waals surface area (Å²) in [6.07, 6.45) is 0.500. The molecule has 1 aliphatic heterocycles. The smallest absolute Gasteiger partial charge is 0.268 e. The lowest BCUT2D eigenvalue weighted by molar-refractivity contribution is 0.385. The van der Waals surface area contributed by atoms with Gasteiger partial charge in [0.25, 0.3) is 5.89 Å². The average Bonchev–Trinajstić information content (AvgIpc) is 3.40. The highest BCUT2D eigenvalue weighted by Crippen LogP contribution is 2.32. The van der Waals surface area contributed by atoms with E-state index >= 15 is 0 Å². The molecule has 3 heterocycles. The maximum Gasteiger partial charge on any atom is 0.268 e. The molecule has 1 aliphatic rings. The molecule has 170 valence electrons. The van der Waals surface area contributed by atoms with Crippen LogP contribution in [-0.4, -0.2) is 39.2 Å². The van der Waals surface area contributed by atoms with E-state index in [1.807, 2.05) is 0 Å². The Balaban J connectivity index is 1.44. The van der Waals surface area contributed by atoms with Gasteiger partial charge in [-0.3, -0.25) is 4.68 Å². The van der Waals surface area contributed by atoms with E-state index in [4.69, 9.17) is 16.0 Å². The van der Waals surface area contributed by atoms with Crippen LogP contribution in [0.3, 0.4) is 0 Å². The minimum atomic E-state index is -3.62. The predicted molar refractivity (Wildman–Crippen MR) is 120 cm³/mol. The van der Waals surface area contributed by atoms with Crippen LogP contribution >= 0.6 is 11.6 Å². The molecule has 33 heavy (non-hydrogen) atoms. The number of sulfonamides is 1. The summed E-state index contributed by atoms with van der Waals surface area (Å²) in [4.78, 5) is 0. The summed E-state index contributed by atoms with van der Waals surface area (Å²) >= 11 is 6.18. The topological polar surface area (TPSA) is 94.1 Å². The van der Waals surface area contributed by atoms with Crippen molar-refractivity contribution in [3.8, 4) is 23.0 Å². The molecule has 0 spiro atoms. The highest BCUT2D eigenvalue weighted by Gasteiger charge is 2.33. The van der Waals surface area contributed by atoms with E-state index in [1.54, 1.807) is 48.1 Å². The monoisotopic (exact) mass is 487 g/mol. The van der Waals surface area contributed by atoms with Crippen molar-refractivity contribution < 1.29 is 17.2 Å². The van der Waals surface area contributed by atoms with Gasteiger partial charge in [-0.05, 0) is 35.9 Å². The maximum absolute atomic E-state index is 13.2. The van der Waals surface area contributed by atoms with Gasteiger partial charge in [-0.15, -0.1) is 10.2 Å². The molecule has 2 aromatic heterocycles. The molecule has 2 aromatic carbocycles. The van der Waals surface area contributed by atoms with Gasteiger partial charge in [0.15, 0.2) is 5.69 Å². The molecule has 0 atom stereocenters. The molecule has 4 aromatic rings. The van der Waals surface area contributed by atoms with Crippen molar-refractivity contribution >= 4 is 21.6 Å². The van der Waals surface area contributed by atoms with E-state index in [2.05, 4.69) is 15.3 Å². The first-order chi connectivity index (χ1) is 15.8. The molecule has 0 saturated carbocycles. The van der Waals surface area contributed by atoms with Crippen LogP contribution in [0.15, 0.2) is 52.9 Å². The Kier molecular flexibility index (Phi) is 5.51. The van der Waals surface area contributed by atoms with Crippen LogP contribution < -0.4 is 0 Å². The number of aryl methyl sites for hydroxylation is 1. The summed E-state index contributed by atoms with van der Waals surface area (Å²) in [5.41, 5.74) is 3.20. The van der Waals surface area contributed by atoms with Crippen LogP contribution in [-0.2, 0) is 35.8 Å². The SMILES string of the molecule is Cn1nc(-c2nnc(-c3ccc(F)cc3)o2)c2c1CCN(S(=O)(=O)Cc1ccccc1Cl)C2. The molecule has 11 heteroatoms. The molecule has 0 aliphatic carbocycles. The van der Waals surface area contributed by atoms with Crippen molar-refractivity contribution in [2.24, 2.45) is 7.05 Å². The third-order valence-corrected chi connectivity index (χ3v) is 7.76. The zero-order chi connectivity index (χ0) is 23.2. The molecular formula is C22H19ClFN5O3S. The lowest BCUT2D eigenvalue weighted by atomic mass is 10.1. The first kappa shape index (κ1) is 21.7. The van der Waals surface area contributed by atoms with Crippen molar-refractivity contribution in [1.82, 2.24) is 24.3 Å². The number of hydrogen-bond acceptors (Lipinski definition) is 6. The zero-order valence-electron chi connectivity index (χ0n) is 17.6. The van der Waals surface area contributed by atoms with Gasteiger partial charge in [0.05, 0.1) is 5.75 Å². The van der Waals surface area contributed by atoms with E-state index in [0.717, 1.165) is 11.3 Å². The minimum Gasteiger partial charge on any atom is -0.415 e. The molecule has 0 bridgehead atoms. The third kappa shape index (κ3) is 4.17. The van der Waals surface area contributed by atoms with Crippen LogP contribution in [0.1, 0.15) is 16.8 Å². The van der Waals surface area contributed by atoms with Gasteiger partial charge in [0.2, 0.25) is 15.9 Å². The standard InChI is InChI=1S/C22H19ClFN5O3S/c1-28-19-10-11-29(33(30,31)13-15-4-2-3-5-18(15)23)12-17(19)20(27-28)22-26-25-21(32-22)14-6-8-16(24)9-7-14/h2-9H,10-13H2,1H3. The lowest BCUT2D eigenvalue weighted by Gasteiger charge is -2.27. The quantitative estimate of drug-likeness (QED) is 0.425. The zero-order valence-corrected chi connectivity index (χ0v) is 19.1. The fraction of sp³-hybridized carbons (Fsp3) is 0.227. The second kappa shape index (κ2) is 8.36. The molecular weight excluding hydrogens is 469 g/mol. The van der Waals surface area contributed by atoms with Gasteiger partial charge in [-0.25, -0.2) is 12.8 Å². The largest absolute Gasteiger partial charge is 0.415 e. The van der Waals surface area contributed by atoms with Gasteiger partial charge in [0.1, 0.15) is 5.82 Å². The fourth-order valence-corrected chi connectivity index (χ4v) is 5.71. The Morgan fingerprint density at radius 1 is 1.09 bits per heavy atom. The number of fused-ring (bicyclic) bond motifs is 1. The van der Waals surface area contributed by atoms with Gasteiger partial charge >= 0.3 is 0 Å². The van der Waals surface area contributed by atoms with E-state index < -0.39 is 10.0 Å². The molecule has 8 nitrogen and oxygen atoms in total. The number of hydrogen-bond donors (Lipinski definition) is 0. The summed E-state index contributed by atoms with van der Waals surface area (Å²) in [5, 5.41) is 13.1. The van der Waals surface area contributed by atoms with Gasteiger partial charge < -0.3 is 4.42 Å². The Morgan fingerprint density at radius 3 is 2.58 bits per heavy atom. The summed E-state index contributed by atoms with van der Waals surface area (Å²) in [5.74, 6) is -0.150. The number of aromatic nitrogens is 4. The Bertz CT molecular complexity index is 1430. The van der Waals surface area contributed by atoms with Crippen molar-refractivity contribution in [1.29, 1.82) is 0 Å². The average molecular weight is 488 g/mol. The molecule has 5 rings (SSSR count). The number of benzene rings is 2. The van der Waals surface area contributed by atoms with Crippen molar-refractivity contribution in [3.05, 3.63) is 76.2 Å². The van der Waals surface area contributed by atoms with Crippen molar-refractivity contribution in [3.63, 3.8) is 0 Å². The number of rotatable bonds is 5. The number of halogens is 2. The molecule has 0 fully saturated rings. The second-order valence-electron chi connectivity index (χ2n) is 7.75. The van der Waals surface area contributed by atoms with E-state index in [-0.39, 0.29) is 29.9 Å². The number of nitrogens with zero attached hydrogens (tertiary/aromatic N) is 5. The van der Waals surface area contributed by atoms with Crippen LogP contribution in [0.2, 0.25) is 5.02 Å². The van der Waals surface area contributed by atoms with Gasteiger partial charge in [-0.2, -0.15) is 9.40 Å². The van der Waals surface area contributed by atoms with E-state index in [0.29, 0.717) is 34.8 Å². The summed E-state index contributed by atoms with van der Waals surface area (Å²) in [6.45, 7) is 0.475. The highest BCUT2D eigenvalue weighted by atomic mass is 35.5. The van der Waals surface area contributed by atoms with E-state index in [9.17, 15) is 12.8 Å². The first-order valence-corrected chi connectivity index (χ1v) is 12.2. The normalized spacial score (nSPS) is 14.4. The lowest BCUT2D eigenvalue weighted by Crippen LogP contribution is -2.37. The molecule has 0 saturated heterocycles. The van der Waals surface area contributed by atoms with Gasteiger partial charge in [0, 0.05) is 48.4 Å². The summed E-state index contributed by atoms with van der Waals surface area (Å²) < 4.78 is 48.5. The highest BCUT2D eigenvalue weighted by molar-refractivity contribution is 7.88. The molecule has 0 unspecified atom stereocenters. The van der Waals surface area contributed by atoms with Crippen molar-refractivity contribution in [2.75, 3.05) is 6.54 Å². The summed E-state index contributed by atoms with van der Waals surface area (Å²) in [7, 11) is -1.82. The van der Waals surface area contributed by atoms with Crippen molar-refractivity contribution in [2.45, 2.75) is 18.7 Å². The molecule has 0 N–H and O–H groups in total. The van der Waals surface area contributed by atoms with Crippen LogP contribution in [0.4, 0.5) is 4.39 Å². The second-order valence-corrected chi connectivity index (χ2v) is 10.1.